The van der Waals surface area contributed by atoms with Gasteiger partial charge >= 0.3 is 5.97 Å². The van der Waals surface area contributed by atoms with Gasteiger partial charge in [-0.3, -0.25) is 19.8 Å². The molecule has 10 nitrogen and oxygen atoms in total. The Bertz CT molecular complexity index is 1450. The molecule has 1 saturated heterocycles. The predicted molar refractivity (Wildman–Crippen MR) is 148 cm³/mol. The number of rotatable bonds is 10. The molecule has 0 bridgehead atoms. The van der Waals surface area contributed by atoms with Crippen molar-refractivity contribution in [2.24, 2.45) is 4.99 Å². The van der Waals surface area contributed by atoms with Gasteiger partial charge in [-0.2, -0.15) is 0 Å². The van der Waals surface area contributed by atoms with E-state index in [-0.39, 0.29) is 23.8 Å². The summed E-state index contributed by atoms with van der Waals surface area (Å²) in [5.41, 5.74) is 2.22. The number of non-ortho nitro benzene ring substituents is 1. The molecule has 0 spiro atoms. The Morgan fingerprint density at radius 3 is 2.38 bits per heavy atom. The second kappa shape index (κ2) is 12.3. The second-order valence-corrected chi connectivity index (χ2v) is 9.27. The zero-order chi connectivity index (χ0) is 27.9. The quantitative estimate of drug-likeness (QED) is 0.189. The number of ether oxygens (including phenoxy) is 2. The number of likely N-dealkylation sites (N-methyl/N-ethyl adjacent to an activating group) is 1. The number of carbonyl (C=O) groups excluding carboxylic acids is 1. The van der Waals surface area contributed by atoms with Gasteiger partial charge < -0.3 is 14.6 Å². The van der Waals surface area contributed by atoms with Crippen LogP contribution in [0.5, 0.6) is 11.5 Å². The van der Waals surface area contributed by atoms with Crippen molar-refractivity contribution in [2.75, 3.05) is 13.2 Å². The normalized spacial score (nSPS) is 15.1. The van der Waals surface area contributed by atoms with Crippen LogP contribution in [0.4, 0.5) is 11.4 Å². The Kier molecular flexibility index (Phi) is 8.62. The molecule has 1 amide bonds. The molecule has 1 aliphatic heterocycles. The highest BCUT2D eigenvalue weighted by molar-refractivity contribution is 8.18. The number of nitro groups is 1. The zero-order valence-corrected chi connectivity index (χ0v) is 22.0. The van der Waals surface area contributed by atoms with Crippen molar-refractivity contribution in [2.45, 2.75) is 20.5 Å². The summed E-state index contributed by atoms with van der Waals surface area (Å²) in [6.07, 6.45) is 1.76. The average molecular weight is 548 g/mol. The van der Waals surface area contributed by atoms with Gasteiger partial charge in [0.15, 0.2) is 16.7 Å². The van der Waals surface area contributed by atoms with Crippen LogP contribution in [-0.4, -0.2) is 45.1 Å². The fraction of sp³-hybridized carbons (Fsp3) is 0.179. The Morgan fingerprint density at radius 1 is 1.05 bits per heavy atom. The first kappa shape index (κ1) is 27.4. The monoisotopic (exact) mass is 547 g/mol. The van der Waals surface area contributed by atoms with Gasteiger partial charge in [-0.25, -0.2) is 9.79 Å². The molecule has 1 heterocycles. The maximum atomic E-state index is 13.1. The lowest BCUT2D eigenvalue weighted by atomic mass is 10.1. The van der Waals surface area contributed by atoms with E-state index in [1.807, 2.05) is 19.9 Å². The van der Waals surface area contributed by atoms with Crippen molar-refractivity contribution in [3.05, 3.63) is 98.4 Å². The highest BCUT2D eigenvalue weighted by Gasteiger charge is 2.32. The Balaban J connectivity index is 1.53. The minimum Gasteiger partial charge on any atom is -0.490 e. The lowest BCUT2D eigenvalue weighted by molar-refractivity contribution is -0.384. The van der Waals surface area contributed by atoms with Gasteiger partial charge in [0.2, 0.25) is 0 Å². The minimum atomic E-state index is -1.02. The minimum absolute atomic E-state index is 0.0106. The van der Waals surface area contributed by atoms with Crippen molar-refractivity contribution in [1.82, 2.24) is 4.90 Å². The van der Waals surface area contributed by atoms with Gasteiger partial charge in [-0.15, -0.1) is 0 Å². The van der Waals surface area contributed by atoms with Crippen LogP contribution in [0.1, 0.15) is 35.3 Å². The van der Waals surface area contributed by atoms with E-state index in [0.29, 0.717) is 40.4 Å². The molecular formula is C28H25N3O7S. The number of aromatic carboxylic acids is 1. The van der Waals surface area contributed by atoms with Crippen LogP contribution in [0.25, 0.3) is 6.08 Å². The topological polar surface area (TPSA) is 132 Å². The van der Waals surface area contributed by atoms with Crippen molar-refractivity contribution >= 4 is 46.3 Å². The molecule has 3 aromatic carbocycles. The van der Waals surface area contributed by atoms with E-state index in [1.165, 1.54) is 36.0 Å². The maximum Gasteiger partial charge on any atom is 0.335 e. The van der Waals surface area contributed by atoms with Crippen molar-refractivity contribution < 1.29 is 29.1 Å². The third-order valence-corrected chi connectivity index (χ3v) is 6.66. The first-order chi connectivity index (χ1) is 18.8. The average Bonchev–Trinajstić information content (AvgIpc) is 3.22. The van der Waals surface area contributed by atoms with E-state index in [0.717, 1.165) is 11.1 Å². The molecule has 0 aromatic heterocycles. The third kappa shape index (κ3) is 6.63. The predicted octanol–water partition coefficient (Wildman–Crippen LogP) is 5.89. The number of nitro benzene ring substituents is 1. The standard InChI is InChI=1S/C28H25N3O7S/c1-3-30-26(32)25(39-28(30)29-21-10-8-20(9-11-21)27(33)34)16-19-7-14-23(24(15-19)37-4-2)38-17-18-5-12-22(13-6-18)31(35)36/h5-16H,3-4,17H2,1-2H3,(H,33,34)/b25-16+,29-28?. The molecule has 4 rings (SSSR count). The second-order valence-electron chi connectivity index (χ2n) is 8.26. The van der Waals surface area contributed by atoms with E-state index in [9.17, 15) is 19.7 Å². The number of aliphatic imine (C=N–C) groups is 1. The molecule has 1 aliphatic rings. The summed E-state index contributed by atoms with van der Waals surface area (Å²) in [6, 6.07) is 17.6. The molecule has 200 valence electrons. The molecule has 39 heavy (non-hydrogen) atoms. The number of hydrogen-bond acceptors (Lipinski definition) is 8. The summed E-state index contributed by atoms with van der Waals surface area (Å²) in [6.45, 7) is 4.74. The SMILES string of the molecule is CCOc1cc(/C=C2/SC(=Nc3ccc(C(=O)O)cc3)N(CC)C2=O)ccc1OCc1ccc([N+](=O)[O-])cc1. The number of carboxylic acid groups (broad SMARTS) is 1. The summed E-state index contributed by atoms with van der Waals surface area (Å²) < 4.78 is 11.7. The Hall–Kier alpha value is -4.64. The fourth-order valence-electron chi connectivity index (χ4n) is 3.69. The lowest BCUT2D eigenvalue weighted by Gasteiger charge is -2.13. The van der Waals surface area contributed by atoms with Gasteiger partial charge in [-0.1, -0.05) is 6.07 Å². The zero-order valence-electron chi connectivity index (χ0n) is 21.2. The summed E-state index contributed by atoms with van der Waals surface area (Å²) in [4.78, 5) is 41.2. The first-order valence-electron chi connectivity index (χ1n) is 12.1. The molecule has 3 aromatic rings. The molecule has 0 atom stereocenters. The number of carbonyl (C=O) groups is 2. The lowest BCUT2D eigenvalue weighted by Crippen LogP contribution is -2.28. The maximum absolute atomic E-state index is 13.1. The highest BCUT2D eigenvalue weighted by atomic mass is 32.2. The molecule has 0 unspecified atom stereocenters. The number of carboxylic acids is 1. The molecule has 0 saturated carbocycles. The number of hydrogen-bond donors (Lipinski definition) is 1. The highest BCUT2D eigenvalue weighted by Crippen LogP contribution is 2.36. The van der Waals surface area contributed by atoms with Crippen molar-refractivity contribution in [1.29, 1.82) is 0 Å². The number of thioether (sulfide) groups is 1. The van der Waals surface area contributed by atoms with Gasteiger partial charge in [-0.05, 0) is 91.3 Å². The van der Waals surface area contributed by atoms with Crippen LogP contribution >= 0.6 is 11.8 Å². The van der Waals surface area contributed by atoms with Crippen LogP contribution in [0.15, 0.2) is 76.6 Å². The van der Waals surface area contributed by atoms with Crippen molar-refractivity contribution in [3.63, 3.8) is 0 Å². The summed E-state index contributed by atoms with van der Waals surface area (Å²) in [5, 5.41) is 20.4. The molecule has 1 fully saturated rings. The van der Waals surface area contributed by atoms with E-state index in [1.54, 1.807) is 47.4 Å². The fourth-order valence-corrected chi connectivity index (χ4v) is 4.75. The van der Waals surface area contributed by atoms with Crippen LogP contribution in [-0.2, 0) is 11.4 Å². The van der Waals surface area contributed by atoms with Gasteiger partial charge in [0.25, 0.3) is 11.6 Å². The Morgan fingerprint density at radius 2 is 1.77 bits per heavy atom. The van der Waals surface area contributed by atoms with E-state index in [2.05, 4.69) is 4.99 Å². The molecule has 11 heteroatoms. The van der Waals surface area contributed by atoms with Crippen molar-refractivity contribution in [3.8, 4) is 11.5 Å². The molecular weight excluding hydrogens is 522 g/mol. The first-order valence-corrected chi connectivity index (χ1v) is 12.9. The Labute approximate surface area is 228 Å². The van der Waals surface area contributed by atoms with E-state index >= 15 is 0 Å². The van der Waals surface area contributed by atoms with Crippen LogP contribution in [0, 0.1) is 10.1 Å². The van der Waals surface area contributed by atoms with Crippen LogP contribution < -0.4 is 9.47 Å². The number of amidine groups is 1. The number of benzene rings is 3. The van der Waals surface area contributed by atoms with E-state index < -0.39 is 10.9 Å². The molecule has 0 aliphatic carbocycles. The van der Waals surface area contributed by atoms with E-state index in [4.69, 9.17) is 14.6 Å². The summed E-state index contributed by atoms with van der Waals surface area (Å²) >= 11 is 1.24. The molecule has 0 radical (unpaired) electrons. The summed E-state index contributed by atoms with van der Waals surface area (Å²) in [5.74, 6) is -0.192. The third-order valence-electron chi connectivity index (χ3n) is 5.65. The number of nitrogens with zero attached hydrogens (tertiary/aromatic N) is 3. The summed E-state index contributed by atoms with van der Waals surface area (Å²) in [7, 11) is 0. The van der Waals surface area contributed by atoms with Crippen LogP contribution in [0.2, 0.25) is 0 Å². The number of amides is 1. The smallest absolute Gasteiger partial charge is 0.335 e. The van der Waals surface area contributed by atoms with Gasteiger partial charge in [0.05, 0.1) is 27.7 Å². The van der Waals surface area contributed by atoms with Gasteiger partial charge in [0, 0.05) is 18.7 Å². The largest absolute Gasteiger partial charge is 0.490 e. The van der Waals surface area contributed by atoms with Gasteiger partial charge in [0.1, 0.15) is 6.61 Å². The molecule has 1 N–H and O–H groups in total. The van der Waals surface area contributed by atoms with Crippen LogP contribution in [0.3, 0.4) is 0 Å².